The molecule has 0 fully saturated rings. The van der Waals surface area contributed by atoms with Gasteiger partial charge in [0.2, 0.25) is 0 Å². The van der Waals surface area contributed by atoms with Crippen molar-refractivity contribution < 1.29 is 8.78 Å². The van der Waals surface area contributed by atoms with E-state index in [1.165, 1.54) is 12.1 Å². The van der Waals surface area contributed by atoms with Gasteiger partial charge in [-0.1, -0.05) is 48.5 Å². The van der Waals surface area contributed by atoms with Gasteiger partial charge < -0.3 is 0 Å². The molecule has 0 aliphatic heterocycles. The van der Waals surface area contributed by atoms with Crippen LogP contribution in [0.4, 0.5) is 8.78 Å². The third kappa shape index (κ3) is 4.84. The zero-order chi connectivity index (χ0) is 14.4. The second-order valence-electron chi connectivity index (χ2n) is 5.31. The lowest BCUT2D eigenvalue weighted by Crippen LogP contribution is -2.20. The summed E-state index contributed by atoms with van der Waals surface area (Å²) in [5.41, 5.74) is 1.03. The quantitative estimate of drug-likeness (QED) is 0.585. The van der Waals surface area contributed by atoms with E-state index in [0.717, 1.165) is 37.1 Å². The summed E-state index contributed by atoms with van der Waals surface area (Å²) in [7, 11) is -0.502. The van der Waals surface area contributed by atoms with Gasteiger partial charge in [0.05, 0.1) is 0 Å². The fourth-order valence-electron chi connectivity index (χ4n) is 2.75. The Balaban J connectivity index is 3.06. The molecule has 2 unspecified atom stereocenters. The number of hydrogen-bond donors (Lipinski definition) is 0. The van der Waals surface area contributed by atoms with Gasteiger partial charge in [-0.15, -0.1) is 0 Å². The van der Waals surface area contributed by atoms with E-state index in [2.05, 4.69) is 27.7 Å². The molecule has 0 heterocycles. The Morgan fingerprint density at radius 2 is 1.32 bits per heavy atom. The Labute approximate surface area is 117 Å². The topological polar surface area (TPSA) is 0 Å². The molecule has 1 aromatic carbocycles. The zero-order valence-corrected chi connectivity index (χ0v) is 13.3. The molecule has 1 aromatic rings. The van der Waals surface area contributed by atoms with Crippen LogP contribution in [0.15, 0.2) is 18.2 Å². The highest BCUT2D eigenvalue weighted by Crippen LogP contribution is 2.48. The fourth-order valence-corrected chi connectivity index (χ4v) is 6.25. The van der Waals surface area contributed by atoms with Crippen molar-refractivity contribution in [3.63, 3.8) is 0 Å². The number of rotatable bonds is 7. The Kier molecular flexibility index (Phi) is 6.93. The van der Waals surface area contributed by atoms with Crippen molar-refractivity contribution in [2.45, 2.75) is 64.7 Å². The van der Waals surface area contributed by atoms with E-state index < -0.39 is 19.6 Å². The summed E-state index contributed by atoms with van der Waals surface area (Å²) >= 11 is 0. The average Bonchev–Trinajstić information content (AvgIpc) is 2.28. The highest BCUT2D eigenvalue weighted by Gasteiger charge is 2.24. The fraction of sp³-hybridized carbons (Fsp3) is 0.625. The normalized spacial score (nSPS) is 16.1. The SMILES string of the molecule is CCCC(C)P(c1cc(F)cc(F)c1)C(C)CCC. The lowest BCUT2D eigenvalue weighted by molar-refractivity contribution is 0.585. The summed E-state index contributed by atoms with van der Waals surface area (Å²) in [5.74, 6) is -0.898. The van der Waals surface area contributed by atoms with E-state index in [9.17, 15) is 8.78 Å². The minimum Gasteiger partial charge on any atom is -0.207 e. The first-order valence-corrected chi connectivity index (χ1v) is 8.72. The molecule has 0 bridgehead atoms. The van der Waals surface area contributed by atoms with Crippen LogP contribution in [-0.4, -0.2) is 11.3 Å². The molecule has 0 aliphatic rings. The van der Waals surface area contributed by atoms with Crippen molar-refractivity contribution in [1.82, 2.24) is 0 Å². The summed E-state index contributed by atoms with van der Waals surface area (Å²) in [6.45, 7) is 8.79. The van der Waals surface area contributed by atoms with Crippen LogP contribution in [-0.2, 0) is 0 Å². The molecule has 3 heteroatoms. The highest BCUT2D eigenvalue weighted by molar-refractivity contribution is 7.67. The largest absolute Gasteiger partial charge is 0.207 e. The summed E-state index contributed by atoms with van der Waals surface area (Å²) in [4.78, 5) is 0. The Hall–Kier alpha value is -0.490. The lowest BCUT2D eigenvalue weighted by Gasteiger charge is -2.31. The smallest absolute Gasteiger partial charge is 0.126 e. The van der Waals surface area contributed by atoms with E-state index in [-0.39, 0.29) is 0 Å². The first-order chi connectivity index (χ1) is 8.99. The number of hydrogen-bond acceptors (Lipinski definition) is 0. The van der Waals surface area contributed by atoms with Gasteiger partial charge in [0.15, 0.2) is 0 Å². The molecule has 0 radical (unpaired) electrons. The van der Waals surface area contributed by atoms with Crippen LogP contribution in [0.5, 0.6) is 0 Å². The van der Waals surface area contributed by atoms with Gasteiger partial charge >= 0.3 is 0 Å². The van der Waals surface area contributed by atoms with Crippen molar-refractivity contribution in [3.8, 4) is 0 Å². The van der Waals surface area contributed by atoms with Gasteiger partial charge in [0.25, 0.3) is 0 Å². The molecular formula is C16H25F2P. The summed E-state index contributed by atoms with van der Waals surface area (Å²) < 4.78 is 26.9. The molecule has 2 atom stereocenters. The van der Waals surface area contributed by atoms with Gasteiger partial charge in [-0.3, -0.25) is 0 Å². The van der Waals surface area contributed by atoms with Crippen LogP contribution < -0.4 is 5.30 Å². The van der Waals surface area contributed by atoms with E-state index in [1.54, 1.807) is 0 Å². The molecule has 0 nitrogen and oxygen atoms in total. The molecule has 0 saturated carbocycles. The van der Waals surface area contributed by atoms with Crippen LogP contribution in [0.25, 0.3) is 0 Å². The van der Waals surface area contributed by atoms with Gasteiger partial charge in [-0.05, 0) is 41.6 Å². The second kappa shape index (κ2) is 7.94. The Morgan fingerprint density at radius 3 is 1.68 bits per heavy atom. The predicted molar refractivity (Wildman–Crippen MR) is 81.7 cm³/mol. The summed E-state index contributed by atoms with van der Waals surface area (Å²) in [5, 5.41) is 0.884. The first kappa shape index (κ1) is 16.6. The Bertz CT molecular complexity index is 360. The Morgan fingerprint density at radius 1 is 0.895 bits per heavy atom. The van der Waals surface area contributed by atoms with Crippen molar-refractivity contribution in [1.29, 1.82) is 0 Å². The van der Waals surface area contributed by atoms with Gasteiger partial charge in [-0.2, -0.15) is 0 Å². The molecule has 19 heavy (non-hydrogen) atoms. The first-order valence-electron chi connectivity index (χ1n) is 7.24. The van der Waals surface area contributed by atoms with Crippen LogP contribution in [0, 0.1) is 11.6 Å². The monoisotopic (exact) mass is 286 g/mol. The maximum Gasteiger partial charge on any atom is 0.126 e. The summed E-state index contributed by atoms with van der Waals surface area (Å²) in [6, 6.07) is 4.03. The lowest BCUT2D eigenvalue weighted by atomic mass is 10.3. The zero-order valence-electron chi connectivity index (χ0n) is 12.4. The molecule has 0 spiro atoms. The molecular weight excluding hydrogens is 261 g/mol. The molecule has 0 N–H and O–H groups in total. The van der Waals surface area contributed by atoms with E-state index in [1.807, 2.05) is 0 Å². The van der Waals surface area contributed by atoms with E-state index in [0.29, 0.717) is 11.3 Å². The average molecular weight is 286 g/mol. The second-order valence-corrected chi connectivity index (χ2v) is 8.40. The molecule has 0 aromatic heterocycles. The highest BCUT2D eigenvalue weighted by atomic mass is 31.1. The maximum atomic E-state index is 13.5. The standard InChI is InChI=1S/C16H25F2P/c1-5-7-12(3)19(13(4)8-6-2)16-10-14(17)9-15(18)11-16/h9-13H,5-8H2,1-4H3. The predicted octanol–water partition coefficient (Wildman–Crippen LogP) is 5.45. The van der Waals surface area contributed by atoms with Crippen molar-refractivity contribution >= 4 is 13.2 Å². The number of halogens is 2. The van der Waals surface area contributed by atoms with Gasteiger partial charge in [0, 0.05) is 6.07 Å². The maximum absolute atomic E-state index is 13.5. The van der Waals surface area contributed by atoms with E-state index in [4.69, 9.17) is 0 Å². The van der Waals surface area contributed by atoms with Crippen LogP contribution in [0.3, 0.4) is 0 Å². The van der Waals surface area contributed by atoms with E-state index >= 15 is 0 Å². The van der Waals surface area contributed by atoms with Gasteiger partial charge in [-0.25, -0.2) is 8.78 Å². The van der Waals surface area contributed by atoms with Crippen LogP contribution in [0.1, 0.15) is 53.4 Å². The van der Waals surface area contributed by atoms with Gasteiger partial charge in [0.1, 0.15) is 11.6 Å². The van der Waals surface area contributed by atoms with Crippen LogP contribution >= 0.6 is 7.92 Å². The minimum atomic E-state index is -0.502. The third-order valence-electron chi connectivity index (χ3n) is 3.51. The van der Waals surface area contributed by atoms with Crippen LogP contribution in [0.2, 0.25) is 0 Å². The molecule has 0 saturated heterocycles. The molecule has 108 valence electrons. The third-order valence-corrected chi connectivity index (χ3v) is 6.78. The minimum absolute atomic E-state index is 0.449. The van der Waals surface area contributed by atoms with Crippen molar-refractivity contribution in [2.24, 2.45) is 0 Å². The molecule has 1 rings (SSSR count). The van der Waals surface area contributed by atoms with Crippen molar-refractivity contribution in [3.05, 3.63) is 29.8 Å². The van der Waals surface area contributed by atoms with Crippen molar-refractivity contribution in [2.75, 3.05) is 0 Å². The number of benzene rings is 1. The molecule has 0 amide bonds. The summed E-state index contributed by atoms with van der Waals surface area (Å²) in [6.07, 6.45) is 4.49. The molecule has 0 aliphatic carbocycles.